The van der Waals surface area contributed by atoms with Gasteiger partial charge in [0.05, 0.1) is 10.9 Å². The maximum absolute atomic E-state index is 13.7. The van der Waals surface area contributed by atoms with E-state index < -0.39 is 34.3 Å². The summed E-state index contributed by atoms with van der Waals surface area (Å²) >= 11 is 17.0. The third kappa shape index (κ3) is 2.60. The second-order valence-electron chi connectivity index (χ2n) is 3.73. The van der Waals surface area contributed by atoms with Gasteiger partial charge in [0.2, 0.25) is 0 Å². The molecule has 1 aromatic heterocycles. The number of nitrogens with zero attached hydrogens (tertiary/aromatic N) is 2. The zero-order valence-corrected chi connectivity index (χ0v) is 11.7. The van der Waals surface area contributed by atoms with E-state index in [-0.39, 0.29) is 10.7 Å². The molecule has 2 aromatic rings. The van der Waals surface area contributed by atoms with Crippen LogP contribution in [0.5, 0.6) is 0 Å². The molecule has 2 nitrogen and oxygen atoms in total. The molecule has 0 aliphatic carbocycles. The number of hydrogen-bond donors (Lipinski definition) is 0. The zero-order valence-electron chi connectivity index (χ0n) is 9.48. The minimum Gasteiger partial charge on any atom is -0.217 e. The Morgan fingerprint density at radius 3 is 2.30 bits per heavy atom. The van der Waals surface area contributed by atoms with Crippen molar-refractivity contribution >= 4 is 34.8 Å². The summed E-state index contributed by atoms with van der Waals surface area (Å²) in [5, 5.41) is 2.74. The van der Waals surface area contributed by atoms with Crippen LogP contribution in [0.25, 0.3) is 5.69 Å². The van der Waals surface area contributed by atoms with Crippen LogP contribution in [0.1, 0.15) is 11.3 Å². The van der Waals surface area contributed by atoms with Crippen LogP contribution in [0.4, 0.5) is 17.6 Å². The van der Waals surface area contributed by atoms with Gasteiger partial charge in [-0.15, -0.1) is 11.6 Å². The van der Waals surface area contributed by atoms with Crippen LogP contribution in [-0.4, -0.2) is 9.78 Å². The molecule has 0 fully saturated rings. The highest BCUT2D eigenvalue weighted by molar-refractivity contribution is 6.33. The number of para-hydroxylation sites is 1. The van der Waals surface area contributed by atoms with Crippen molar-refractivity contribution in [2.75, 3.05) is 0 Å². The van der Waals surface area contributed by atoms with E-state index in [2.05, 4.69) is 5.10 Å². The van der Waals surface area contributed by atoms with Gasteiger partial charge >= 0.3 is 6.18 Å². The van der Waals surface area contributed by atoms with E-state index in [0.717, 1.165) is 6.07 Å². The molecule has 0 bridgehead atoms. The second-order valence-corrected chi connectivity index (χ2v) is 4.76. The van der Waals surface area contributed by atoms with Crippen LogP contribution >= 0.6 is 34.8 Å². The summed E-state index contributed by atoms with van der Waals surface area (Å²) in [5.41, 5.74) is -2.06. The number of rotatable bonds is 2. The van der Waals surface area contributed by atoms with Gasteiger partial charge in [-0.1, -0.05) is 29.3 Å². The van der Waals surface area contributed by atoms with Gasteiger partial charge in [0.25, 0.3) is 0 Å². The molecule has 0 atom stereocenters. The van der Waals surface area contributed by atoms with Crippen LogP contribution in [0, 0.1) is 5.82 Å². The fraction of sp³-hybridized carbons (Fsp3) is 0.182. The van der Waals surface area contributed by atoms with Crippen molar-refractivity contribution in [3.05, 3.63) is 45.4 Å². The Hall–Kier alpha value is -0.980. The Morgan fingerprint density at radius 1 is 1.20 bits per heavy atom. The smallest absolute Gasteiger partial charge is 0.217 e. The number of benzene rings is 1. The lowest BCUT2D eigenvalue weighted by Gasteiger charge is -2.07. The van der Waals surface area contributed by atoms with Crippen LogP contribution < -0.4 is 0 Å². The first-order valence-corrected chi connectivity index (χ1v) is 6.41. The molecule has 0 amide bonds. The normalized spacial score (nSPS) is 11.9. The third-order valence-electron chi connectivity index (χ3n) is 2.47. The molecular formula is C11H5Cl3F4N2. The van der Waals surface area contributed by atoms with Crippen molar-refractivity contribution in [1.82, 2.24) is 9.78 Å². The van der Waals surface area contributed by atoms with Gasteiger partial charge in [0, 0.05) is 5.56 Å². The molecular weight excluding hydrogens is 342 g/mol. The summed E-state index contributed by atoms with van der Waals surface area (Å²) in [7, 11) is 0. The predicted octanol–water partition coefficient (Wildman–Crippen LogP) is 5.08. The van der Waals surface area contributed by atoms with Gasteiger partial charge in [-0.25, -0.2) is 9.07 Å². The Kier molecular flexibility index (Phi) is 4.18. The van der Waals surface area contributed by atoms with Crippen LogP contribution in [-0.2, 0) is 12.1 Å². The highest BCUT2D eigenvalue weighted by Crippen LogP contribution is 2.37. The quantitative estimate of drug-likeness (QED) is 0.547. The molecule has 0 aliphatic rings. The maximum Gasteiger partial charge on any atom is 0.435 e. The molecule has 0 saturated heterocycles. The molecule has 1 aromatic carbocycles. The fourth-order valence-corrected chi connectivity index (χ4v) is 2.46. The van der Waals surface area contributed by atoms with Crippen molar-refractivity contribution in [2.24, 2.45) is 0 Å². The molecule has 20 heavy (non-hydrogen) atoms. The number of aromatic nitrogens is 2. The number of alkyl halides is 4. The molecule has 9 heteroatoms. The highest BCUT2D eigenvalue weighted by Gasteiger charge is 2.39. The van der Waals surface area contributed by atoms with Gasteiger partial charge in [-0.2, -0.15) is 18.3 Å². The van der Waals surface area contributed by atoms with Gasteiger partial charge in [-0.3, -0.25) is 0 Å². The first-order valence-electron chi connectivity index (χ1n) is 5.12. The minimum absolute atomic E-state index is 0.121. The summed E-state index contributed by atoms with van der Waals surface area (Å²) in [5.74, 6) is -1.36. The van der Waals surface area contributed by atoms with Crippen LogP contribution in [0.15, 0.2) is 18.2 Å². The summed E-state index contributed by atoms with van der Waals surface area (Å²) in [4.78, 5) is 0. The molecule has 0 saturated carbocycles. The molecule has 0 aliphatic heterocycles. The lowest BCUT2D eigenvalue weighted by molar-refractivity contribution is -0.141. The molecule has 108 valence electrons. The largest absolute Gasteiger partial charge is 0.435 e. The van der Waals surface area contributed by atoms with E-state index >= 15 is 0 Å². The highest BCUT2D eigenvalue weighted by atomic mass is 35.5. The monoisotopic (exact) mass is 346 g/mol. The SMILES string of the molecule is Fc1cccc(Cl)c1-n1nc(C(F)(F)F)c(CCl)c1Cl. The molecule has 1 heterocycles. The van der Waals surface area contributed by atoms with E-state index in [4.69, 9.17) is 34.8 Å². The average molecular weight is 348 g/mol. The summed E-state index contributed by atoms with van der Waals surface area (Å²) in [6.07, 6.45) is -4.75. The predicted molar refractivity (Wildman–Crippen MR) is 68.1 cm³/mol. The van der Waals surface area contributed by atoms with Gasteiger partial charge in [0.1, 0.15) is 16.7 Å². The van der Waals surface area contributed by atoms with Gasteiger partial charge in [-0.05, 0) is 12.1 Å². The Morgan fingerprint density at radius 2 is 1.85 bits per heavy atom. The number of hydrogen-bond acceptors (Lipinski definition) is 1. The van der Waals surface area contributed by atoms with E-state index in [9.17, 15) is 17.6 Å². The van der Waals surface area contributed by atoms with Crippen molar-refractivity contribution in [3.8, 4) is 5.69 Å². The van der Waals surface area contributed by atoms with E-state index in [1.807, 2.05) is 0 Å². The standard InChI is InChI=1S/C11H5Cl3F4N2/c12-4-5-9(11(16,17)18)19-20(10(5)14)8-6(13)2-1-3-7(8)15/h1-3H,4H2. The van der Waals surface area contributed by atoms with Crippen molar-refractivity contribution in [2.45, 2.75) is 12.1 Å². The third-order valence-corrected chi connectivity index (χ3v) is 3.43. The fourth-order valence-electron chi connectivity index (χ4n) is 1.62. The molecule has 0 spiro atoms. The van der Waals surface area contributed by atoms with Crippen molar-refractivity contribution in [3.63, 3.8) is 0 Å². The minimum atomic E-state index is -4.75. The summed E-state index contributed by atoms with van der Waals surface area (Å²) < 4.78 is 52.8. The molecule has 0 N–H and O–H groups in total. The molecule has 0 unspecified atom stereocenters. The number of halogens is 7. The Labute approximate surface area is 125 Å². The average Bonchev–Trinajstić information content (AvgIpc) is 2.66. The summed E-state index contributed by atoms with van der Waals surface area (Å²) in [6.45, 7) is 0. The maximum atomic E-state index is 13.7. The lowest BCUT2D eigenvalue weighted by Crippen LogP contribution is -2.09. The topological polar surface area (TPSA) is 17.8 Å². The Bertz CT molecular complexity index is 632. The lowest BCUT2D eigenvalue weighted by atomic mass is 10.2. The Balaban J connectivity index is 2.74. The molecule has 2 rings (SSSR count). The van der Waals surface area contributed by atoms with Gasteiger partial charge in [0.15, 0.2) is 5.69 Å². The van der Waals surface area contributed by atoms with Gasteiger partial charge < -0.3 is 0 Å². The second kappa shape index (κ2) is 5.42. The van der Waals surface area contributed by atoms with Crippen molar-refractivity contribution < 1.29 is 17.6 Å². The zero-order chi connectivity index (χ0) is 15.1. The molecule has 0 radical (unpaired) electrons. The van der Waals surface area contributed by atoms with E-state index in [1.54, 1.807) is 0 Å². The van der Waals surface area contributed by atoms with E-state index in [0.29, 0.717) is 4.68 Å². The first-order chi connectivity index (χ1) is 9.27. The van der Waals surface area contributed by atoms with Crippen LogP contribution in [0.3, 0.4) is 0 Å². The van der Waals surface area contributed by atoms with Crippen LogP contribution in [0.2, 0.25) is 10.2 Å². The summed E-state index contributed by atoms with van der Waals surface area (Å²) in [6, 6.07) is 3.66. The first kappa shape index (κ1) is 15.4. The van der Waals surface area contributed by atoms with Crippen molar-refractivity contribution in [1.29, 1.82) is 0 Å². The van der Waals surface area contributed by atoms with E-state index in [1.165, 1.54) is 12.1 Å².